The number of anilines is 1. The van der Waals surface area contributed by atoms with Gasteiger partial charge in [0.05, 0.1) is 17.8 Å². The number of amides is 1. The second kappa shape index (κ2) is 7.61. The van der Waals surface area contributed by atoms with Crippen molar-refractivity contribution in [2.75, 3.05) is 11.9 Å². The highest BCUT2D eigenvalue weighted by atomic mass is 16.5. The van der Waals surface area contributed by atoms with Crippen molar-refractivity contribution in [1.29, 1.82) is 0 Å². The number of nitrogens with one attached hydrogen (secondary N) is 1. The summed E-state index contributed by atoms with van der Waals surface area (Å²) in [5.74, 6) is -0.234. The van der Waals surface area contributed by atoms with E-state index in [1.54, 1.807) is 24.4 Å². The molecule has 1 aliphatic rings. The minimum Gasteiger partial charge on any atom is -0.452 e. The van der Waals surface area contributed by atoms with Gasteiger partial charge in [-0.15, -0.1) is 0 Å². The Morgan fingerprint density at radius 3 is 2.70 bits per heavy atom. The molecule has 27 heavy (non-hydrogen) atoms. The van der Waals surface area contributed by atoms with Gasteiger partial charge in [0.2, 0.25) is 0 Å². The molecule has 0 saturated heterocycles. The van der Waals surface area contributed by atoms with Crippen LogP contribution in [0.2, 0.25) is 0 Å². The number of aromatic nitrogens is 2. The molecule has 0 bridgehead atoms. The van der Waals surface area contributed by atoms with Gasteiger partial charge in [-0.1, -0.05) is 49.2 Å². The van der Waals surface area contributed by atoms with Gasteiger partial charge >= 0.3 is 5.97 Å². The molecular formula is C21H21N3O3. The van der Waals surface area contributed by atoms with E-state index in [1.165, 1.54) is 12.8 Å². The molecule has 0 atom stereocenters. The minimum absolute atomic E-state index is 0.327. The lowest BCUT2D eigenvalue weighted by atomic mass is 10.1. The van der Waals surface area contributed by atoms with Crippen LogP contribution in [0.5, 0.6) is 0 Å². The molecule has 1 aliphatic carbocycles. The van der Waals surface area contributed by atoms with E-state index in [-0.39, 0.29) is 12.5 Å². The lowest BCUT2D eigenvalue weighted by molar-refractivity contribution is -0.119. The Morgan fingerprint density at radius 1 is 1.07 bits per heavy atom. The second-order valence-electron chi connectivity index (χ2n) is 6.75. The van der Waals surface area contributed by atoms with Gasteiger partial charge < -0.3 is 10.1 Å². The topological polar surface area (TPSA) is 73.2 Å². The lowest BCUT2D eigenvalue weighted by Gasteiger charge is -2.14. The maximum absolute atomic E-state index is 12.4. The fourth-order valence-electron chi connectivity index (χ4n) is 3.64. The third kappa shape index (κ3) is 3.69. The summed E-state index contributed by atoms with van der Waals surface area (Å²) in [5.41, 5.74) is 0.455. The van der Waals surface area contributed by atoms with Crippen LogP contribution in [0.15, 0.2) is 54.7 Å². The summed E-state index contributed by atoms with van der Waals surface area (Å²) >= 11 is 0. The number of fused-ring (bicyclic) bond motifs is 1. The molecule has 4 rings (SSSR count). The first kappa shape index (κ1) is 17.3. The summed E-state index contributed by atoms with van der Waals surface area (Å²) in [7, 11) is 0. The van der Waals surface area contributed by atoms with Gasteiger partial charge in [-0.2, -0.15) is 5.10 Å². The Labute approximate surface area is 157 Å². The third-order valence-electron chi connectivity index (χ3n) is 4.95. The first-order chi connectivity index (χ1) is 13.2. The van der Waals surface area contributed by atoms with E-state index < -0.39 is 5.97 Å². The molecule has 0 spiro atoms. The lowest BCUT2D eigenvalue weighted by Crippen LogP contribution is -2.23. The molecule has 138 valence electrons. The highest BCUT2D eigenvalue weighted by Crippen LogP contribution is 2.31. The molecule has 0 radical (unpaired) electrons. The van der Waals surface area contributed by atoms with Crippen LogP contribution in [0.25, 0.3) is 10.8 Å². The standard InChI is InChI=1S/C21H21N3O3/c25-20(23-19-12-13-22-24(19)16-8-2-3-9-16)14-27-21(26)18-11-5-7-15-6-1-4-10-17(15)18/h1,4-7,10-13,16H,2-3,8-9,14H2,(H,23,25). The molecule has 6 nitrogen and oxygen atoms in total. The van der Waals surface area contributed by atoms with Crippen molar-refractivity contribution in [3.63, 3.8) is 0 Å². The summed E-state index contributed by atoms with van der Waals surface area (Å²) in [6, 6.07) is 15.1. The van der Waals surface area contributed by atoms with Crippen molar-refractivity contribution in [2.24, 2.45) is 0 Å². The maximum Gasteiger partial charge on any atom is 0.339 e. The Balaban J connectivity index is 1.39. The summed E-state index contributed by atoms with van der Waals surface area (Å²) in [6.45, 7) is -0.335. The van der Waals surface area contributed by atoms with Crippen molar-refractivity contribution < 1.29 is 14.3 Å². The van der Waals surface area contributed by atoms with Crippen LogP contribution in [-0.2, 0) is 9.53 Å². The highest BCUT2D eigenvalue weighted by Gasteiger charge is 2.21. The van der Waals surface area contributed by atoms with E-state index in [4.69, 9.17) is 4.74 Å². The molecular weight excluding hydrogens is 342 g/mol. The fourth-order valence-corrected chi connectivity index (χ4v) is 3.64. The van der Waals surface area contributed by atoms with Gasteiger partial charge in [0, 0.05) is 6.07 Å². The zero-order valence-electron chi connectivity index (χ0n) is 14.9. The number of esters is 1. The molecule has 0 unspecified atom stereocenters. The van der Waals surface area contributed by atoms with Crippen molar-refractivity contribution in [2.45, 2.75) is 31.7 Å². The first-order valence-corrected chi connectivity index (χ1v) is 9.20. The van der Waals surface area contributed by atoms with Crippen LogP contribution in [0.3, 0.4) is 0 Å². The quantitative estimate of drug-likeness (QED) is 0.697. The number of hydrogen-bond acceptors (Lipinski definition) is 4. The van der Waals surface area contributed by atoms with E-state index in [2.05, 4.69) is 10.4 Å². The zero-order valence-corrected chi connectivity index (χ0v) is 14.9. The van der Waals surface area contributed by atoms with Gasteiger partial charge in [-0.25, -0.2) is 9.48 Å². The highest BCUT2D eigenvalue weighted by molar-refractivity contribution is 6.05. The Bertz CT molecular complexity index is 968. The zero-order chi connectivity index (χ0) is 18.6. The molecule has 1 saturated carbocycles. The SMILES string of the molecule is O=C(COC(=O)c1cccc2ccccc12)Nc1ccnn1C1CCCC1. The number of carbonyl (C=O) groups excluding carboxylic acids is 2. The van der Waals surface area contributed by atoms with E-state index in [0.29, 0.717) is 17.4 Å². The van der Waals surface area contributed by atoms with Gasteiger partial charge in [-0.05, 0) is 29.7 Å². The fraction of sp³-hybridized carbons (Fsp3) is 0.286. The van der Waals surface area contributed by atoms with Crippen LogP contribution in [0, 0.1) is 0 Å². The van der Waals surface area contributed by atoms with Gasteiger partial charge in [0.15, 0.2) is 6.61 Å². The van der Waals surface area contributed by atoms with Crippen molar-refractivity contribution in [3.05, 3.63) is 60.3 Å². The summed E-state index contributed by atoms with van der Waals surface area (Å²) in [6.07, 6.45) is 6.18. The molecule has 0 aliphatic heterocycles. The first-order valence-electron chi connectivity index (χ1n) is 9.20. The molecule has 1 heterocycles. The molecule has 1 amide bonds. The van der Waals surface area contributed by atoms with Gasteiger partial charge in [0.25, 0.3) is 5.91 Å². The smallest absolute Gasteiger partial charge is 0.339 e. The molecule has 1 aromatic heterocycles. The van der Waals surface area contributed by atoms with Crippen LogP contribution in [0.4, 0.5) is 5.82 Å². The van der Waals surface area contributed by atoms with E-state index in [9.17, 15) is 9.59 Å². The molecule has 3 aromatic rings. The Kier molecular flexibility index (Phi) is 4.87. The van der Waals surface area contributed by atoms with E-state index >= 15 is 0 Å². The Hall–Kier alpha value is -3.15. The number of carbonyl (C=O) groups is 2. The van der Waals surface area contributed by atoms with Crippen LogP contribution in [-0.4, -0.2) is 28.3 Å². The monoisotopic (exact) mass is 363 g/mol. The van der Waals surface area contributed by atoms with Crippen LogP contribution in [0.1, 0.15) is 42.1 Å². The van der Waals surface area contributed by atoms with Crippen molar-refractivity contribution in [1.82, 2.24) is 9.78 Å². The third-order valence-corrected chi connectivity index (χ3v) is 4.95. The number of nitrogens with zero attached hydrogens (tertiary/aromatic N) is 2. The summed E-state index contributed by atoms with van der Waals surface area (Å²) < 4.78 is 7.09. The normalized spacial score (nSPS) is 14.4. The minimum atomic E-state index is -0.508. The van der Waals surface area contributed by atoms with Gasteiger partial charge in [0.1, 0.15) is 5.82 Å². The summed E-state index contributed by atoms with van der Waals surface area (Å²) in [5, 5.41) is 8.88. The predicted molar refractivity (Wildman–Crippen MR) is 103 cm³/mol. The van der Waals surface area contributed by atoms with Crippen LogP contribution >= 0.6 is 0 Å². The Morgan fingerprint density at radius 2 is 1.85 bits per heavy atom. The molecule has 1 fully saturated rings. The van der Waals surface area contributed by atoms with Crippen molar-refractivity contribution in [3.8, 4) is 0 Å². The summed E-state index contributed by atoms with van der Waals surface area (Å²) in [4.78, 5) is 24.7. The number of benzene rings is 2. The molecule has 2 aromatic carbocycles. The maximum atomic E-state index is 12.4. The van der Waals surface area contributed by atoms with Crippen LogP contribution < -0.4 is 5.32 Å². The predicted octanol–water partition coefficient (Wildman–Crippen LogP) is 3.95. The molecule has 6 heteroatoms. The van der Waals surface area contributed by atoms with Crippen molar-refractivity contribution >= 4 is 28.5 Å². The average Bonchev–Trinajstić information content (AvgIpc) is 3.37. The number of ether oxygens (including phenoxy) is 1. The van der Waals surface area contributed by atoms with E-state index in [1.807, 2.05) is 35.0 Å². The second-order valence-corrected chi connectivity index (χ2v) is 6.75. The van der Waals surface area contributed by atoms with E-state index in [0.717, 1.165) is 23.6 Å². The molecule has 1 N–H and O–H groups in total. The van der Waals surface area contributed by atoms with Gasteiger partial charge in [-0.3, -0.25) is 4.79 Å². The average molecular weight is 363 g/mol. The number of rotatable bonds is 5. The number of hydrogen-bond donors (Lipinski definition) is 1. The largest absolute Gasteiger partial charge is 0.452 e.